The molecule has 0 unspecified atom stereocenters. The van der Waals surface area contributed by atoms with Crippen LogP contribution in [0.15, 0.2) is 42.6 Å². The topological polar surface area (TPSA) is 37.0 Å². The lowest BCUT2D eigenvalue weighted by Gasteiger charge is -2.11. The normalized spacial score (nSPS) is 10.4. The number of aromatic nitrogens is 1. The van der Waals surface area contributed by atoms with Crippen LogP contribution in [0.3, 0.4) is 0 Å². The molecule has 1 aromatic heterocycles. The molecule has 1 aromatic carbocycles. The molecule has 0 saturated heterocycles. The molecule has 2 N–H and O–H groups in total. The van der Waals surface area contributed by atoms with E-state index in [1.807, 2.05) is 19.2 Å². The summed E-state index contributed by atoms with van der Waals surface area (Å²) in [6.07, 6.45) is 1.79. The molecule has 18 heavy (non-hydrogen) atoms. The van der Waals surface area contributed by atoms with E-state index in [0.717, 1.165) is 17.2 Å². The minimum Gasteiger partial charge on any atom is -0.373 e. The summed E-state index contributed by atoms with van der Waals surface area (Å²) in [5.74, 6) is 1.40. The summed E-state index contributed by atoms with van der Waals surface area (Å²) in [6, 6.07) is 12.4. The van der Waals surface area contributed by atoms with E-state index in [9.17, 15) is 0 Å². The molecule has 2 aromatic rings. The number of hydrogen-bond donors (Lipinski definition) is 2. The van der Waals surface area contributed by atoms with E-state index in [2.05, 4.69) is 53.7 Å². The number of pyridine rings is 1. The van der Waals surface area contributed by atoms with Crippen molar-refractivity contribution < 1.29 is 0 Å². The molecular formula is C15H19N3. The van der Waals surface area contributed by atoms with E-state index in [1.165, 1.54) is 5.56 Å². The average Bonchev–Trinajstić information content (AvgIpc) is 2.39. The quantitative estimate of drug-likeness (QED) is 0.849. The Morgan fingerprint density at radius 2 is 1.83 bits per heavy atom. The summed E-state index contributed by atoms with van der Waals surface area (Å²) < 4.78 is 0. The molecule has 0 atom stereocenters. The fraction of sp³-hybridized carbons (Fsp3) is 0.267. The zero-order chi connectivity index (χ0) is 13.0. The number of nitrogens with one attached hydrogen (secondary N) is 2. The predicted octanol–water partition coefficient (Wildman–Crippen LogP) is 3.99. The Labute approximate surface area is 108 Å². The highest BCUT2D eigenvalue weighted by Crippen LogP contribution is 2.22. The van der Waals surface area contributed by atoms with Crippen LogP contribution in [0, 0.1) is 0 Å². The zero-order valence-corrected chi connectivity index (χ0v) is 11.1. The van der Waals surface area contributed by atoms with Gasteiger partial charge in [-0.3, -0.25) is 0 Å². The van der Waals surface area contributed by atoms with Gasteiger partial charge in [-0.15, -0.1) is 0 Å². The molecule has 0 aliphatic rings. The standard InChI is InChI=1S/C15H19N3/c1-11(2)12-5-4-6-13(9-12)18-14-7-8-17-15(10-14)16-3/h4-11H,1-3H3,(H2,16,17,18). The second-order valence-electron chi connectivity index (χ2n) is 4.58. The smallest absolute Gasteiger partial charge is 0.127 e. The first-order valence-electron chi connectivity index (χ1n) is 6.20. The largest absolute Gasteiger partial charge is 0.373 e. The summed E-state index contributed by atoms with van der Waals surface area (Å²) in [4.78, 5) is 4.19. The molecule has 0 fully saturated rings. The van der Waals surface area contributed by atoms with Gasteiger partial charge in [-0.05, 0) is 29.7 Å². The fourth-order valence-electron chi connectivity index (χ4n) is 1.79. The van der Waals surface area contributed by atoms with Crippen LogP contribution in [-0.2, 0) is 0 Å². The molecule has 2 rings (SSSR count). The van der Waals surface area contributed by atoms with Gasteiger partial charge in [0, 0.05) is 30.7 Å². The summed E-state index contributed by atoms with van der Waals surface area (Å²) in [5, 5.41) is 6.43. The third-order valence-electron chi connectivity index (χ3n) is 2.86. The molecule has 0 saturated carbocycles. The SMILES string of the molecule is CNc1cc(Nc2cccc(C(C)C)c2)ccn1. The van der Waals surface area contributed by atoms with Gasteiger partial charge in [0.1, 0.15) is 5.82 Å². The first kappa shape index (κ1) is 12.4. The Balaban J connectivity index is 2.20. The number of hydrogen-bond acceptors (Lipinski definition) is 3. The molecule has 0 radical (unpaired) electrons. The molecule has 1 heterocycles. The molecule has 3 heteroatoms. The maximum Gasteiger partial charge on any atom is 0.127 e. The van der Waals surface area contributed by atoms with Crippen molar-refractivity contribution in [2.24, 2.45) is 0 Å². The Hall–Kier alpha value is -2.03. The summed E-state index contributed by atoms with van der Waals surface area (Å²) in [6.45, 7) is 4.40. The van der Waals surface area contributed by atoms with Gasteiger partial charge in [-0.1, -0.05) is 26.0 Å². The fourth-order valence-corrected chi connectivity index (χ4v) is 1.79. The van der Waals surface area contributed by atoms with Gasteiger partial charge in [0.15, 0.2) is 0 Å². The Bertz CT molecular complexity index is 521. The van der Waals surface area contributed by atoms with Crippen molar-refractivity contribution in [1.29, 1.82) is 0 Å². The second-order valence-corrected chi connectivity index (χ2v) is 4.58. The third kappa shape index (κ3) is 3.00. The van der Waals surface area contributed by atoms with Crippen LogP contribution in [0.5, 0.6) is 0 Å². The third-order valence-corrected chi connectivity index (χ3v) is 2.86. The van der Waals surface area contributed by atoms with E-state index in [1.54, 1.807) is 6.20 Å². The molecule has 3 nitrogen and oxygen atoms in total. The van der Waals surface area contributed by atoms with Crippen LogP contribution in [0.4, 0.5) is 17.2 Å². The predicted molar refractivity (Wildman–Crippen MR) is 77.6 cm³/mol. The highest BCUT2D eigenvalue weighted by atomic mass is 15.0. The summed E-state index contributed by atoms with van der Waals surface area (Å²) in [7, 11) is 1.87. The Morgan fingerprint density at radius 1 is 1.06 bits per heavy atom. The monoisotopic (exact) mass is 241 g/mol. The van der Waals surface area contributed by atoms with Crippen molar-refractivity contribution >= 4 is 17.2 Å². The van der Waals surface area contributed by atoms with Gasteiger partial charge in [0.25, 0.3) is 0 Å². The van der Waals surface area contributed by atoms with Crippen LogP contribution in [0.2, 0.25) is 0 Å². The number of benzene rings is 1. The van der Waals surface area contributed by atoms with Gasteiger partial charge in [-0.2, -0.15) is 0 Å². The van der Waals surface area contributed by atoms with Crippen molar-refractivity contribution in [3.63, 3.8) is 0 Å². The van der Waals surface area contributed by atoms with Gasteiger partial charge in [-0.25, -0.2) is 4.98 Å². The van der Waals surface area contributed by atoms with Crippen LogP contribution in [-0.4, -0.2) is 12.0 Å². The van der Waals surface area contributed by atoms with Gasteiger partial charge in [0.05, 0.1) is 0 Å². The molecular weight excluding hydrogens is 222 g/mol. The lowest BCUT2D eigenvalue weighted by atomic mass is 10.0. The minimum absolute atomic E-state index is 0.539. The van der Waals surface area contributed by atoms with Crippen LogP contribution in [0.25, 0.3) is 0 Å². The van der Waals surface area contributed by atoms with Crippen molar-refractivity contribution in [2.45, 2.75) is 19.8 Å². The maximum absolute atomic E-state index is 4.19. The van der Waals surface area contributed by atoms with Crippen LogP contribution < -0.4 is 10.6 Å². The van der Waals surface area contributed by atoms with E-state index in [4.69, 9.17) is 0 Å². The first-order valence-corrected chi connectivity index (χ1v) is 6.20. The van der Waals surface area contributed by atoms with Crippen LogP contribution in [0.1, 0.15) is 25.3 Å². The molecule has 0 aliphatic heterocycles. The number of nitrogens with zero attached hydrogens (tertiary/aromatic N) is 1. The van der Waals surface area contributed by atoms with E-state index >= 15 is 0 Å². The molecule has 94 valence electrons. The molecule has 0 bridgehead atoms. The first-order chi connectivity index (χ1) is 8.69. The Morgan fingerprint density at radius 3 is 2.56 bits per heavy atom. The van der Waals surface area contributed by atoms with E-state index in [-0.39, 0.29) is 0 Å². The number of anilines is 3. The van der Waals surface area contributed by atoms with E-state index < -0.39 is 0 Å². The molecule has 0 aliphatic carbocycles. The lowest BCUT2D eigenvalue weighted by Crippen LogP contribution is -1.96. The highest BCUT2D eigenvalue weighted by molar-refractivity contribution is 5.63. The number of rotatable bonds is 4. The van der Waals surface area contributed by atoms with Gasteiger partial charge >= 0.3 is 0 Å². The van der Waals surface area contributed by atoms with Crippen molar-refractivity contribution in [1.82, 2.24) is 4.98 Å². The zero-order valence-electron chi connectivity index (χ0n) is 11.1. The van der Waals surface area contributed by atoms with Crippen molar-refractivity contribution in [3.05, 3.63) is 48.2 Å². The van der Waals surface area contributed by atoms with Crippen molar-refractivity contribution in [3.8, 4) is 0 Å². The summed E-state index contributed by atoms with van der Waals surface area (Å²) in [5.41, 5.74) is 3.48. The average molecular weight is 241 g/mol. The minimum atomic E-state index is 0.539. The molecule has 0 amide bonds. The van der Waals surface area contributed by atoms with Gasteiger partial charge < -0.3 is 10.6 Å². The Kier molecular flexibility index (Phi) is 3.82. The maximum atomic E-state index is 4.19. The lowest BCUT2D eigenvalue weighted by molar-refractivity contribution is 0.867. The van der Waals surface area contributed by atoms with E-state index in [0.29, 0.717) is 5.92 Å². The highest BCUT2D eigenvalue weighted by Gasteiger charge is 2.01. The van der Waals surface area contributed by atoms with Gasteiger partial charge in [0.2, 0.25) is 0 Å². The molecule has 0 spiro atoms. The summed E-state index contributed by atoms with van der Waals surface area (Å²) >= 11 is 0. The second kappa shape index (κ2) is 5.54. The van der Waals surface area contributed by atoms with Crippen molar-refractivity contribution in [2.75, 3.05) is 17.7 Å². The van der Waals surface area contributed by atoms with Crippen LogP contribution >= 0.6 is 0 Å².